The van der Waals surface area contributed by atoms with Crippen LogP contribution in [-0.2, 0) is 6.42 Å². The molecule has 0 radical (unpaired) electrons. The van der Waals surface area contributed by atoms with Gasteiger partial charge in [-0.2, -0.15) is 13.8 Å². The number of ether oxygens (including phenoxy) is 1. The Bertz CT molecular complexity index is 737. The van der Waals surface area contributed by atoms with Gasteiger partial charge in [-0.05, 0) is 38.0 Å². The van der Waals surface area contributed by atoms with Crippen LogP contribution in [0.1, 0.15) is 36.7 Å². The van der Waals surface area contributed by atoms with Gasteiger partial charge < -0.3 is 25.0 Å². The number of guanidine groups is 1. The van der Waals surface area contributed by atoms with E-state index in [1.165, 1.54) is 24.3 Å². The van der Waals surface area contributed by atoms with Crippen LogP contribution in [0.2, 0.25) is 0 Å². The number of aliphatic hydroxyl groups excluding tert-OH is 1. The summed E-state index contributed by atoms with van der Waals surface area (Å²) in [5.41, 5.74) is 0.563. The molecule has 0 aliphatic heterocycles. The van der Waals surface area contributed by atoms with Gasteiger partial charge in [-0.1, -0.05) is 17.3 Å². The van der Waals surface area contributed by atoms with E-state index in [-0.39, 0.29) is 12.3 Å². The van der Waals surface area contributed by atoms with Crippen molar-refractivity contribution in [1.29, 1.82) is 0 Å². The molecule has 0 saturated heterocycles. The highest BCUT2D eigenvalue weighted by atomic mass is 19.3. The molecule has 28 heavy (non-hydrogen) atoms. The molecule has 0 amide bonds. The molecule has 1 unspecified atom stereocenters. The van der Waals surface area contributed by atoms with Gasteiger partial charge in [0.15, 0.2) is 11.8 Å². The number of rotatable bonds is 10. The molecule has 1 aromatic heterocycles. The Morgan fingerprint density at radius 2 is 2.04 bits per heavy atom. The second kappa shape index (κ2) is 11.2. The van der Waals surface area contributed by atoms with Gasteiger partial charge in [0.05, 0.1) is 12.6 Å². The van der Waals surface area contributed by atoms with E-state index in [9.17, 15) is 13.9 Å². The molecule has 0 spiro atoms. The fourth-order valence-electron chi connectivity index (χ4n) is 2.38. The molecule has 1 heterocycles. The van der Waals surface area contributed by atoms with E-state index in [1.807, 2.05) is 6.92 Å². The van der Waals surface area contributed by atoms with Crippen LogP contribution >= 0.6 is 0 Å². The fraction of sp³-hybridized carbons (Fsp3) is 0.500. The lowest BCUT2D eigenvalue weighted by Crippen LogP contribution is -2.38. The van der Waals surface area contributed by atoms with Crippen molar-refractivity contribution in [3.63, 3.8) is 0 Å². The zero-order valence-electron chi connectivity index (χ0n) is 15.9. The monoisotopic (exact) mass is 397 g/mol. The number of benzene rings is 1. The third-order valence-corrected chi connectivity index (χ3v) is 3.69. The average Bonchev–Trinajstić information content (AvgIpc) is 3.08. The standard InChI is InChI=1S/C18H25F2N5O3/c1-3-21-18(22-10-4-5-16-24-12(2)25-28-16)23-11-15(26)13-6-8-14(9-7-13)27-17(19)20/h6-9,15,17,26H,3-5,10-11H2,1-2H3,(H2,21,22,23). The Balaban J connectivity index is 1.81. The molecular weight excluding hydrogens is 372 g/mol. The zero-order chi connectivity index (χ0) is 20.4. The number of halogens is 2. The number of alkyl halides is 2. The van der Waals surface area contributed by atoms with Gasteiger partial charge >= 0.3 is 6.61 Å². The number of aromatic nitrogens is 2. The van der Waals surface area contributed by atoms with Crippen molar-refractivity contribution < 1.29 is 23.1 Å². The zero-order valence-corrected chi connectivity index (χ0v) is 15.9. The van der Waals surface area contributed by atoms with Crippen LogP contribution in [0.25, 0.3) is 0 Å². The van der Waals surface area contributed by atoms with Crippen molar-refractivity contribution in [3.05, 3.63) is 41.5 Å². The largest absolute Gasteiger partial charge is 0.435 e. The molecule has 3 N–H and O–H groups in total. The van der Waals surface area contributed by atoms with Gasteiger partial charge in [0, 0.05) is 19.5 Å². The summed E-state index contributed by atoms with van der Waals surface area (Å²) in [6, 6.07) is 5.84. The Morgan fingerprint density at radius 3 is 2.64 bits per heavy atom. The first-order chi connectivity index (χ1) is 13.5. The summed E-state index contributed by atoms with van der Waals surface area (Å²) in [5.74, 6) is 1.82. The average molecular weight is 397 g/mol. The third-order valence-electron chi connectivity index (χ3n) is 3.69. The topological polar surface area (TPSA) is 105 Å². The fourth-order valence-corrected chi connectivity index (χ4v) is 2.38. The van der Waals surface area contributed by atoms with Crippen molar-refractivity contribution in [2.75, 3.05) is 19.6 Å². The van der Waals surface area contributed by atoms with E-state index in [0.717, 1.165) is 6.42 Å². The van der Waals surface area contributed by atoms with E-state index in [2.05, 4.69) is 30.5 Å². The number of aliphatic imine (C=N–C) groups is 1. The van der Waals surface area contributed by atoms with Gasteiger partial charge in [-0.15, -0.1) is 0 Å². The van der Waals surface area contributed by atoms with Crippen LogP contribution in [-0.4, -0.2) is 47.5 Å². The molecular formula is C18H25F2N5O3. The van der Waals surface area contributed by atoms with Crippen LogP contribution in [0.15, 0.2) is 33.8 Å². The van der Waals surface area contributed by atoms with Crippen LogP contribution in [0.3, 0.4) is 0 Å². The summed E-state index contributed by atoms with van der Waals surface area (Å²) in [6.45, 7) is 2.27. The summed E-state index contributed by atoms with van der Waals surface area (Å²) >= 11 is 0. The van der Waals surface area contributed by atoms with Crippen LogP contribution in [0.5, 0.6) is 5.75 Å². The number of nitrogens with zero attached hydrogens (tertiary/aromatic N) is 3. The summed E-state index contributed by atoms with van der Waals surface area (Å²) in [4.78, 5) is 8.49. The lowest BCUT2D eigenvalue weighted by molar-refractivity contribution is -0.0498. The molecule has 8 nitrogen and oxygen atoms in total. The molecule has 0 fully saturated rings. The van der Waals surface area contributed by atoms with Crippen molar-refractivity contribution in [2.45, 2.75) is 39.4 Å². The van der Waals surface area contributed by atoms with Crippen LogP contribution in [0.4, 0.5) is 8.78 Å². The summed E-state index contributed by atoms with van der Waals surface area (Å²) in [7, 11) is 0. The number of aliphatic hydroxyl groups is 1. The van der Waals surface area contributed by atoms with E-state index in [1.54, 1.807) is 6.92 Å². The Morgan fingerprint density at radius 1 is 1.29 bits per heavy atom. The molecule has 0 aliphatic rings. The SMILES string of the molecule is CCNC(=NCC(O)c1ccc(OC(F)F)cc1)NCCCc1nc(C)no1. The highest BCUT2D eigenvalue weighted by Crippen LogP contribution is 2.19. The van der Waals surface area contributed by atoms with Gasteiger partial charge in [0.25, 0.3) is 0 Å². The second-order valence-corrected chi connectivity index (χ2v) is 5.95. The lowest BCUT2D eigenvalue weighted by Gasteiger charge is -2.13. The van der Waals surface area contributed by atoms with Crippen molar-refractivity contribution >= 4 is 5.96 Å². The smallest absolute Gasteiger partial charge is 0.387 e. The second-order valence-electron chi connectivity index (χ2n) is 5.95. The van der Waals surface area contributed by atoms with E-state index in [4.69, 9.17) is 4.52 Å². The molecule has 0 aliphatic carbocycles. The molecule has 2 rings (SSSR count). The molecule has 0 saturated carbocycles. The number of hydrogen-bond acceptors (Lipinski definition) is 6. The maximum atomic E-state index is 12.2. The number of aryl methyl sites for hydroxylation is 2. The van der Waals surface area contributed by atoms with Crippen molar-refractivity contribution in [1.82, 2.24) is 20.8 Å². The minimum Gasteiger partial charge on any atom is -0.435 e. The predicted molar refractivity (Wildman–Crippen MR) is 99.4 cm³/mol. The van der Waals surface area contributed by atoms with Crippen LogP contribution < -0.4 is 15.4 Å². The first-order valence-electron chi connectivity index (χ1n) is 9.02. The Hall–Kier alpha value is -2.75. The molecule has 2 aromatic rings. The van der Waals surface area contributed by atoms with Gasteiger partial charge in [-0.25, -0.2) is 0 Å². The van der Waals surface area contributed by atoms with E-state index >= 15 is 0 Å². The van der Waals surface area contributed by atoms with E-state index in [0.29, 0.717) is 42.7 Å². The van der Waals surface area contributed by atoms with Gasteiger partial charge in [-0.3, -0.25) is 4.99 Å². The molecule has 1 aromatic carbocycles. The Labute approximate surface area is 162 Å². The number of hydrogen-bond donors (Lipinski definition) is 3. The lowest BCUT2D eigenvalue weighted by atomic mass is 10.1. The molecule has 154 valence electrons. The number of nitrogens with one attached hydrogen (secondary N) is 2. The minimum absolute atomic E-state index is 0.0425. The quantitative estimate of drug-likeness (QED) is 0.321. The van der Waals surface area contributed by atoms with Crippen LogP contribution in [0, 0.1) is 6.92 Å². The van der Waals surface area contributed by atoms with E-state index < -0.39 is 12.7 Å². The maximum absolute atomic E-state index is 12.2. The maximum Gasteiger partial charge on any atom is 0.387 e. The van der Waals surface area contributed by atoms with Gasteiger partial charge in [0.1, 0.15) is 5.75 Å². The third kappa shape index (κ3) is 7.47. The molecule has 0 bridgehead atoms. The Kier molecular flexibility index (Phi) is 8.60. The summed E-state index contributed by atoms with van der Waals surface area (Å²) in [5, 5.41) is 20.3. The summed E-state index contributed by atoms with van der Waals surface area (Å²) < 4.78 is 33.7. The predicted octanol–water partition coefficient (Wildman–Crippen LogP) is 2.20. The molecule has 1 atom stereocenters. The van der Waals surface area contributed by atoms with Crippen molar-refractivity contribution in [2.24, 2.45) is 4.99 Å². The highest BCUT2D eigenvalue weighted by Gasteiger charge is 2.10. The van der Waals surface area contributed by atoms with Gasteiger partial charge in [0.2, 0.25) is 5.89 Å². The molecule has 10 heteroatoms. The normalized spacial score (nSPS) is 12.9. The summed E-state index contributed by atoms with van der Waals surface area (Å²) in [6.07, 6.45) is 0.570. The highest BCUT2D eigenvalue weighted by molar-refractivity contribution is 5.79. The minimum atomic E-state index is -2.88. The van der Waals surface area contributed by atoms with Crippen molar-refractivity contribution in [3.8, 4) is 5.75 Å². The first kappa shape index (κ1) is 21.5. The first-order valence-corrected chi connectivity index (χ1v) is 9.02.